The van der Waals surface area contributed by atoms with Crippen molar-refractivity contribution in [3.05, 3.63) is 30.1 Å². The third-order valence-electron chi connectivity index (χ3n) is 3.55. The van der Waals surface area contributed by atoms with Gasteiger partial charge in [-0.3, -0.25) is 0 Å². The molecule has 2 aliphatic heterocycles. The molecule has 0 spiro atoms. The first-order valence-electron chi connectivity index (χ1n) is 5.98. The van der Waals surface area contributed by atoms with E-state index in [9.17, 15) is 4.39 Å². The molecule has 2 nitrogen and oxygen atoms in total. The largest absolute Gasteiger partial charge is 0.490 e. The highest BCUT2D eigenvalue weighted by Gasteiger charge is 2.34. The fraction of sp³-hybridized carbons (Fsp3) is 0.538. The van der Waals surface area contributed by atoms with E-state index in [2.05, 4.69) is 5.32 Å². The molecule has 2 heterocycles. The normalized spacial score (nSPS) is 32.7. The molecule has 2 atom stereocenters. The van der Waals surface area contributed by atoms with Gasteiger partial charge in [0.15, 0.2) is 0 Å². The maximum Gasteiger partial charge on any atom is 0.123 e. The number of rotatable bonds is 2. The van der Waals surface area contributed by atoms with Crippen molar-refractivity contribution < 1.29 is 9.13 Å². The van der Waals surface area contributed by atoms with Gasteiger partial charge in [0.1, 0.15) is 17.7 Å². The molecule has 0 amide bonds. The molecule has 86 valence electrons. The Morgan fingerprint density at radius 2 is 1.69 bits per heavy atom. The topological polar surface area (TPSA) is 21.3 Å². The van der Waals surface area contributed by atoms with Crippen molar-refractivity contribution in [2.45, 2.75) is 43.9 Å². The second kappa shape index (κ2) is 4.06. The summed E-state index contributed by atoms with van der Waals surface area (Å²) in [7, 11) is 0. The molecular weight excluding hydrogens is 205 g/mol. The maximum atomic E-state index is 12.7. The summed E-state index contributed by atoms with van der Waals surface area (Å²) in [5.41, 5.74) is 0. The van der Waals surface area contributed by atoms with Crippen LogP contribution in [-0.4, -0.2) is 18.2 Å². The minimum absolute atomic E-state index is 0.210. The Labute approximate surface area is 94.8 Å². The highest BCUT2D eigenvalue weighted by Crippen LogP contribution is 2.29. The molecule has 0 unspecified atom stereocenters. The van der Waals surface area contributed by atoms with Crippen molar-refractivity contribution in [2.24, 2.45) is 0 Å². The highest BCUT2D eigenvalue weighted by molar-refractivity contribution is 5.22. The van der Waals surface area contributed by atoms with Crippen LogP contribution in [0.4, 0.5) is 4.39 Å². The minimum atomic E-state index is -0.210. The van der Waals surface area contributed by atoms with Crippen molar-refractivity contribution in [3.63, 3.8) is 0 Å². The second-order valence-electron chi connectivity index (χ2n) is 4.80. The number of benzene rings is 1. The van der Waals surface area contributed by atoms with Gasteiger partial charge in [-0.05, 0) is 49.9 Å². The number of fused-ring (bicyclic) bond motifs is 2. The first-order valence-corrected chi connectivity index (χ1v) is 5.98. The predicted molar refractivity (Wildman–Crippen MR) is 60.0 cm³/mol. The Kier molecular flexibility index (Phi) is 2.56. The average molecular weight is 221 g/mol. The lowest BCUT2D eigenvalue weighted by molar-refractivity contribution is 0.137. The van der Waals surface area contributed by atoms with E-state index in [1.807, 2.05) is 0 Å². The second-order valence-corrected chi connectivity index (χ2v) is 4.80. The van der Waals surface area contributed by atoms with Gasteiger partial charge in [-0.15, -0.1) is 0 Å². The number of halogens is 1. The number of piperidine rings is 1. The summed E-state index contributed by atoms with van der Waals surface area (Å²) in [6.07, 6.45) is 4.99. The van der Waals surface area contributed by atoms with Crippen LogP contribution < -0.4 is 10.1 Å². The summed E-state index contributed by atoms with van der Waals surface area (Å²) in [5.74, 6) is 0.574. The molecule has 2 saturated heterocycles. The molecule has 1 aromatic rings. The van der Waals surface area contributed by atoms with E-state index in [1.54, 1.807) is 12.1 Å². The highest BCUT2D eigenvalue weighted by atomic mass is 19.1. The van der Waals surface area contributed by atoms with Gasteiger partial charge >= 0.3 is 0 Å². The number of ether oxygens (including phenoxy) is 1. The molecule has 16 heavy (non-hydrogen) atoms. The lowest BCUT2D eigenvalue weighted by Gasteiger charge is -2.29. The molecule has 0 aliphatic carbocycles. The Morgan fingerprint density at radius 3 is 2.31 bits per heavy atom. The smallest absolute Gasteiger partial charge is 0.123 e. The summed E-state index contributed by atoms with van der Waals surface area (Å²) in [6, 6.07) is 7.57. The quantitative estimate of drug-likeness (QED) is 0.828. The van der Waals surface area contributed by atoms with Gasteiger partial charge in [0.25, 0.3) is 0 Å². The zero-order valence-corrected chi connectivity index (χ0v) is 9.16. The van der Waals surface area contributed by atoms with Crippen molar-refractivity contribution in [3.8, 4) is 5.75 Å². The fourth-order valence-electron chi connectivity index (χ4n) is 2.81. The maximum absolute atomic E-state index is 12.7. The first kappa shape index (κ1) is 10.1. The van der Waals surface area contributed by atoms with Crippen LogP contribution in [0.15, 0.2) is 24.3 Å². The van der Waals surface area contributed by atoms with Gasteiger partial charge in [-0.2, -0.15) is 0 Å². The lowest BCUT2D eigenvalue weighted by Crippen LogP contribution is -2.42. The van der Waals surface area contributed by atoms with Gasteiger partial charge < -0.3 is 10.1 Å². The molecule has 0 radical (unpaired) electrons. The number of nitrogens with one attached hydrogen (secondary N) is 1. The van der Waals surface area contributed by atoms with E-state index in [4.69, 9.17) is 4.74 Å². The van der Waals surface area contributed by atoms with E-state index < -0.39 is 0 Å². The van der Waals surface area contributed by atoms with Crippen LogP contribution in [0.5, 0.6) is 5.75 Å². The summed E-state index contributed by atoms with van der Waals surface area (Å²) in [6.45, 7) is 0. The Balaban J connectivity index is 1.64. The molecule has 1 N–H and O–H groups in total. The summed E-state index contributed by atoms with van der Waals surface area (Å²) < 4.78 is 18.6. The molecule has 1 aromatic carbocycles. The Bertz CT molecular complexity index is 353. The van der Waals surface area contributed by atoms with Crippen LogP contribution >= 0.6 is 0 Å². The van der Waals surface area contributed by atoms with Gasteiger partial charge in [-0.25, -0.2) is 4.39 Å². The van der Waals surface area contributed by atoms with Crippen LogP contribution in [0, 0.1) is 5.82 Å². The van der Waals surface area contributed by atoms with Crippen molar-refractivity contribution in [1.29, 1.82) is 0 Å². The minimum Gasteiger partial charge on any atom is -0.490 e. The number of hydrogen-bond acceptors (Lipinski definition) is 2. The number of hydrogen-bond donors (Lipinski definition) is 1. The van der Waals surface area contributed by atoms with Crippen molar-refractivity contribution in [1.82, 2.24) is 5.32 Å². The SMILES string of the molecule is Fc1ccc(OC2C[C@H]3CC[C@H](C2)N3)cc1. The Hall–Kier alpha value is -1.09. The van der Waals surface area contributed by atoms with E-state index in [1.165, 1.54) is 25.0 Å². The molecule has 2 bridgehead atoms. The fourth-order valence-corrected chi connectivity index (χ4v) is 2.81. The van der Waals surface area contributed by atoms with E-state index >= 15 is 0 Å². The van der Waals surface area contributed by atoms with Crippen LogP contribution in [0.2, 0.25) is 0 Å². The zero-order valence-electron chi connectivity index (χ0n) is 9.16. The molecule has 0 aromatic heterocycles. The molecule has 2 aliphatic rings. The summed E-state index contributed by atoms with van der Waals surface area (Å²) in [4.78, 5) is 0. The van der Waals surface area contributed by atoms with Crippen LogP contribution in [0.1, 0.15) is 25.7 Å². The summed E-state index contributed by atoms with van der Waals surface area (Å²) in [5, 5.41) is 3.58. The van der Waals surface area contributed by atoms with Gasteiger partial charge in [0.2, 0.25) is 0 Å². The van der Waals surface area contributed by atoms with Crippen LogP contribution in [-0.2, 0) is 0 Å². The molecule has 0 saturated carbocycles. The monoisotopic (exact) mass is 221 g/mol. The van der Waals surface area contributed by atoms with E-state index in [-0.39, 0.29) is 5.82 Å². The van der Waals surface area contributed by atoms with E-state index in [0.717, 1.165) is 18.6 Å². The van der Waals surface area contributed by atoms with Gasteiger partial charge in [-0.1, -0.05) is 0 Å². The third-order valence-corrected chi connectivity index (χ3v) is 3.55. The Morgan fingerprint density at radius 1 is 1.06 bits per heavy atom. The van der Waals surface area contributed by atoms with Crippen molar-refractivity contribution >= 4 is 0 Å². The molecule has 2 fully saturated rings. The first-order chi connectivity index (χ1) is 7.79. The predicted octanol–water partition coefficient (Wildman–Crippen LogP) is 2.49. The van der Waals surface area contributed by atoms with Crippen LogP contribution in [0.3, 0.4) is 0 Å². The third kappa shape index (κ3) is 2.05. The van der Waals surface area contributed by atoms with Crippen LogP contribution in [0.25, 0.3) is 0 Å². The average Bonchev–Trinajstić information content (AvgIpc) is 2.62. The summed E-state index contributed by atoms with van der Waals surface area (Å²) >= 11 is 0. The van der Waals surface area contributed by atoms with Crippen molar-refractivity contribution in [2.75, 3.05) is 0 Å². The van der Waals surface area contributed by atoms with E-state index in [0.29, 0.717) is 18.2 Å². The molecule has 3 heteroatoms. The standard InChI is InChI=1S/C13H16FNO/c14-9-1-5-12(6-2-9)16-13-7-10-3-4-11(8-13)15-10/h1-2,5-6,10-11,13,15H,3-4,7-8H2/t10-,11-/m1/s1. The zero-order chi connectivity index (χ0) is 11.0. The molecule has 3 rings (SSSR count). The molecular formula is C13H16FNO. The lowest BCUT2D eigenvalue weighted by atomic mass is 10.0. The van der Waals surface area contributed by atoms with Gasteiger partial charge in [0.05, 0.1) is 0 Å². The van der Waals surface area contributed by atoms with Gasteiger partial charge in [0, 0.05) is 12.1 Å².